The molecule has 0 spiro atoms. The van der Waals surface area contributed by atoms with Gasteiger partial charge in [0, 0.05) is 18.5 Å². The number of unbranched alkanes of at least 4 members (excludes halogenated alkanes) is 4. The summed E-state index contributed by atoms with van der Waals surface area (Å²) < 4.78 is 0. The van der Waals surface area contributed by atoms with Gasteiger partial charge in [-0.2, -0.15) is 0 Å². The summed E-state index contributed by atoms with van der Waals surface area (Å²) in [7, 11) is 0. The lowest BCUT2D eigenvalue weighted by molar-refractivity contribution is -0.123. The number of carbonyl (C=O) groups is 1. The summed E-state index contributed by atoms with van der Waals surface area (Å²) in [6.45, 7) is 14.7. The van der Waals surface area contributed by atoms with Crippen molar-refractivity contribution in [3.8, 4) is 0 Å². The topological polar surface area (TPSA) is 32.3 Å². The zero-order valence-electron chi connectivity index (χ0n) is 17.1. The van der Waals surface area contributed by atoms with Crippen molar-refractivity contribution >= 4 is 17.3 Å². The fraction of sp³-hybridized carbons (Fsp3) is 0.682. The molecule has 0 unspecified atom stereocenters. The molecule has 0 saturated heterocycles. The number of fused-ring (bicyclic) bond motifs is 1. The van der Waals surface area contributed by atoms with E-state index < -0.39 is 0 Å². The third-order valence-electron chi connectivity index (χ3n) is 5.23. The van der Waals surface area contributed by atoms with Gasteiger partial charge in [0.25, 0.3) is 0 Å². The van der Waals surface area contributed by atoms with Crippen molar-refractivity contribution < 1.29 is 4.79 Å². The van der Waals surface area contributed by atoms with Gasteiger partial charge in [-0.3, -0.25) is 4.79 Å². The molecule has 2 rings (SSSR count). The monoisotopic (exact) mass is 344 g/mol. The van der Waals surface area contributed by atoms with Crippen molar-refractivity contribution in [3.63, 3.8) is 0 Å². The first-order valence-corrected chi connectivity index (χ1v) is 9.95. The van der Waals surface area contributed by atoms with Gasteiger partial charge in [0.2, 0.25) is 5.91 Å². The predicted octanol–water partition coefficient (Wildman–Crippen LogP) is 5.62. The summed E-state index contributed by atoms with van der Waals surface area (Å²) in [5, 5.41) is 3.24. The highest BCUT2D eigenvalue weighted by Gasteiger charge is 2.28. The minimum Gasteiger partial charge on any atom is -0.369 e. The molecule has 1 N–H and O–H groups in total. The van der Waals surface area contributed by atoms with E-state index in [9.17, 15) is 4.79 Å². The molecule has 1 aliphatic heterocycles. The molecule has 1 aromatic carbocycles. The third kappa shape index (κ3) is 4.77. The van der Waals surface area contributed by atoms with Crippen molar-refractivity contribution in [2.45, 2.75) is 80.1 Å². The lowest BCUT2D eigenvalue weighted by Gasteiger charge is -2.26. The molecule has 140 valence electrons. The molecule has 0 atom stereocenters. The molecule has 3 heteroatoms. The Bertz CT molecular complexity index is 613. The maximum absolute atomic E-state index is 12.6. The van der Waals surface area contributed by atoms with Crippen LogP contribution in [0.2, 0.25) is 0 Å². The molecule has 1 aromatic rings. The van der Waals surface area contributed by atoms with Gasteiger partial charge < -0.3 is 10.2 Å². The molecule has 3 nitrogen and oxygen atoms in total. The Hall–Kier alpha value is -1.51. The molecular formula is C22H36N2O. The molecule has 0 radical (unpaired) electrons. The Morgan fingerprint density at radius 1 is 1.12 bits per heavy atom. The molecule has 1 amide bonds. The number of benzene rings is 1. The second-order valence-corrected chi connectivity index (χ2v) is 8.57. The van der Waals surface area contributed by atoms with Crippen LogP contribution in [0.3, 0.4) is 0 Å². The first kappa shape index (κ1) is 19.8. The smallest absolute Gasteiger partial charge is 0.229 e. The Morgan fingerprint density at radius 2 is 1.80 bits per heavy atom. The zero-order valence-corrected chi connectivity index (χ0v) is 17.1. The van der Waals surface area contributed by atoms with Crippen LogP contribution >= 0.6 is 0 Å². The molecule has 25 heavy (non-hydrogen) atoms. The van der Waals surface area contributed by atoms with Gasteiger partial charge in [-0.05, 0) is 43.4 Å². The van der Waals surface area contributed by atoms with Crippen LogP contribution in [0.15, 0.2) is 6.07 Å². The lowest BCUT2D eigenvalue weighted by atomic mass is 9.94. The second kappa shape index (κ2) is 8.25. The van der Waals surface area contributed by atoms with Crippen LogP contribution in [0.5, 0.6) is 0 Å². The van der Waals surface area contributed by atoms with Crippen LogP contribution < -0.4 is 10.2 Å². The summed E-state index contributed by atoms with van der Waals surface area (Å²) in [6.07, 6.45) is 7.58. The molecular weight excluding hydrogens is 308 g/mol. The van der Waals surface area contributed by atoms with E-state index in [-0.39, 0.29) is 11.3 Å². The molecule has 0 aromatic heterocycles. The Morgan fingerprint density at radius 3 is 2.44 bits per heavy atom. The minimum atomic E-state index is -0.381. The number of amides is 1. The number of carbonyl (C=O) groups excluding carboxylic acids is 1. The van der Waals surface area contributed by atoms with Crippen molar-refractivity contribution in [2.24, 2.45) is 5.41 Å². The molecule has 1 aliphatic rings. The van der Waals surface area contributed by atoms with Gasteiger partial charge in [-0.15, -0.1) is 0 Å². The molecule has 0 fully saturated rings. The maximum Gasteiger partial charge on any atom is 0.229 e. The van der Waals surface area contributed by atoms with Crippen LogP contribution in [-0.2, 0) is 11.2 Å². The lowest BCUT2D eigenvalue weighted by Crippen LogP contribution is -2.29. The zero-order chi connectivity index (χ0) is 18.6. The predicted molar refractivity (Wildman–Crippen MR) is 109 cm³/mol. The highest BCUT2D eigenvalue weighted by Crippen LogP contribution is 2.40. The quantitative estimate of drug-likeness (QED) is 0.651. The van der Waals surface area contributed by atoms with E-state index >= 15 is 0 Å². The Labute approximate surface area is 154 Å². The van der Waals surface area contributed by atoms with Crippen LogP contribution in [-0.4, -0.2) is 19.0 Å². The van der Waals surface area contributed by atoms with E-state index in [1.54, 1.807) is 0 Å². The fourth-order valence-corrected chi connectivity index (χ4v) is 3.62. The summed E-state index contributed by atoms with van der Waals surface area (Å²) in [4.78, 5) is 15.1. The van der Waals surface area contributed by atoms with Crippen molar-refractivity contribution in [3.05, 3.63) is 22.8 Å². The van der Waals surface area contributed by atoms with Crippen LogP contribution in [0.4, 0.5) is 11.4 Å². The molecule has 0 saturated carbocycles. The normalized spacial score (nSPS) is 13.9. The van der Waals surface area contributed by atoms with E-state index in [1.165, 1.54) is 54.5 Å². The summed E-state index contributed by atoms with van der Waals surface area (Å²) in [5.74, 6) is 0.0939. The van der Waals surface area contributed by atoms with E-state index in [0.29, 0.717) is 0 Å². The number of nitrogens with one attached hydrogen (secondary N) is 1. The Balaban J connectivity index is 2.21. The summed E-state index contributed by atoms with van der Waals surface area (Å²) in [5.41, 5.74) is 5.88. The van der Waals surface area contributed by atoms with Crippen molar-refractivity contribution in [1.29, 1.82) is 0 Å². The number of aryl methyl sites for hydroxylation is 2. The highest BCUT2D eigenvalue weighted by molar-refractivity contribution is 5.99. The SMILES string of the molecule is CCCCCCCN1CCc2c(C)cc(C)c(NC(=O)C(C)(C)C)c21. The first-order chi connectivity index (χ1) is 11.8. The minimum absolute atomic E-state index is 0.0939. The van der Waals surface area contributed by atoms with E-state index in [1.807, 2.05) is 20.8 Å². The first-order valence-electron chi connectivity index (χ1n) is 9.95. The van der Waals surface area contributed by atoms with Gasteiger partial charge in [-0.25, -0.2) is 0 Å². The van der Waals surface area contributed by atoms with Gasteiger partial charge in [0.05, 0.1) is 11.4 Å². The number of rotatable bonds is 7. The standard InChI is InChI=1S/C22H36N2O/c1-7-8-9-10-11-13-24-14-12-18-16(2)15-17(3)19(20(18)24)23-21(25)22(4,5)6/h15H,7-14H2,1-6H3,(H,23,25). The third-order valence-corrected chi connectivity index (χ3v) is 5.23. The maximum atomic E-state index is 12.6. The molecule has 1 heterocycles. The largest absolute Gasteiger partial charge is 0.369 e. The van der Waals surface area contributed by atoms with Crippen LogP contribution in [0.1, 0.15) is 76.5 Å². The second-order valence-electron chi connectivity index (χ2n) is 8.57. The molecule has 0 aliphatic carbocycles. The number of anilines is 2. The van der Waals surface area contributed by atoms with Crippen molar-refractivity contribution in [1.82, 2.24) is 0 Å². The van der Waals surface area contributed by atoms with Crippen LogP contribution in [0, 0.1) is 19.3 Å². The number of hydrogen-bond acceptors (Lipinski definition) is 2. The van der Waals surface area contributed by atoms with Crippen LogP contribution in [0.25, 0.3) is 0 Å². The number of hydrogen-bond donors (Lipinski definition) is 1. The summed E-state index contributed by atoms with van der Waals surface area (Å²) >= 11 is 0. The molecule has 0 bridgehead atoms. The average Bonchev–Trinajstić information content (AvgIpc) is 2.94. The van der Waals surface area contributed by atoms with Gasteiger partial charge in [0.15, 0.2) is 0 Å². The van der Waals surface area contributed by atoms with Gasteiger partial charge >= 0.3 is 0 Å². The van der Waals surface area contributed by atoms with E-state index in [4.69, 9.17) is 0 Å². The van der Waals surface area contributed by atoms with Gasteiger partial charge in [-0.1, -0.05) is 59.4 Å². The number of nitrogens with zero attached hydrogens (tertiary/aromatic N) is 1. The van der Waals surface area contributed by atoms with E-state index in [2.05, 4.69) is 37.1 Å². The Kier molecular flexibility index (Phi) is 6.53. The van der Waals surface area contributed by atoms with Gasteiger partial charge in [0.1, 0.15) is 0 Å². The van der Waals surface area contributed by atoms with Crippen molar-refractivity contribution in [2.75, 3.05) is 23.3 Å². The summed E-state index contributed by atoms with van der Waals surface area (Å²) in [6, 6.07) is 2.22. The average molecular weight is 345 g/mol. The van der Waals surface area contributed by atoms with E-state index in [0.717, 1.165) is 25.2 Å². The highest BCUT2D eigenvalue weighted by atomic mass is 16.2. The fourth-order valence-electron chi connectivity index (χ4n) is 3.62.